The molecule has 0 spiro atoms. The van der Waals surface area contributed by atoms with Gasteiger partial charge in [0, 0.05) is 0 Å². The number of aliphatic carboxylic acids is 1. The Hall–Kier alpha value is -1.40. The van der Waals surface area contributed by atoms with Crippen LogP contribution in [0.1, 0.15) is 37.0 Å². The molecule has 0 unspecified atom stereocenters. The summed E-state index contributed by atoms with van der Waals surface area (Å²) in [5, 5.41) is 9.19. The SMILES string of the molecule is Cc1cc(C)c(S(=O)(=O)N[C@@H](CC(C)C)C(=O)O)c(C)c1. The van der Waals surface area contributed by atoms with Crippen LogP contribution in [0.2, 0.25) is 0 Å². The largest absolute Gasteiger partial charge is 0.480 e. The van der Waals surface area contributed by atoms with Crippen LogP contribution in [0.5, 0.6) is 0 Å². The molecule has 1 atom stereocenters. The maximum absolute atomic E-state index is 12.5. The summed E-state index contributed by atoms with van der Waals surface area (Å²) in [7, 11) is -3.86. The molecule has 6 heteroatoms. The van der Waals surface area contributed by atoms with Crippen molar-refractivity contribution < 1.29 is 18.3 Å². The smallest absolute Gasteiger partial charge is 0.321 e. The Morgan fingerprint density at radius 2 is 1.67 bits per heavy atom. The van der Waals surface area contributed by atoms with Crippen molar-refractivity contribution in [3.8, 4) is 0 Å². The summed E-state index contributed by atoms with van der Waals surface area (Å²) in [4.78, 5) is 11.4. The summed E-state index contributed by atoms with van der Waals surface area (Å²) in [6, 6.07) is 2.44. The molecule has 0 radical (unpaired) electrons. The number of benzene rings is 1. The standard InChI is InChI=1S/C15H23NO4S/c1-9(2)6-13(15(17)18)16-21(19,20)14-11(4)7-10(3)8-12(14)5/h7-9,13,16H,6H2,1-5H3,(H,17,18)/t13-/m0/s1. The molecule has 0 aliphatic heterocycles. The van der Waals surface area contributed by atoms with Crippen LogP contribution in [0, 0.1) is 26.7 Å². The first kappa shape index (κ1) is 17.7. The number of aryl methyl sites for hydroxylation is 3. The number of rotatable bonds is 6. The van der Waals surface area contributed by atoms with Crippen molar-refractivity contribution in [3.05, 3.63) is 28.8 Å². The highest BCUT2D eigenvalue weighted by Crippen LogP contribution is 2.22. The van der Waals surface area contributed by atoms with Crippen molar-refractivity contribution in [1.29, 1.82) is 0 Å². The lowest BCUT2D eigenvalue weighted by atomic mass is 10.1. The van der Waals surface area contributed by atoms with Crippen molar-refractivity contribution in [3.63, 3.8) is 0 Å². The van der Waals surface area contributed by atoms with Gasteiger partial charge in [0.1, 0.15) is 6.04 Å². The fourth-order valence-electron chi connectivity index (χ4n) is 2.51. The van der Waals surface area contributed by atoms with Crippen LogP contribution in [0.3, 0.4) is 0 Å². The zero-order valence-corrected chi connectivity index (χ0v) is 13.9. The molecule has 0 fully saturated rings. The molecule has 1 aromatic carbocycles. The maximum atomic E-state index is 12.5. The number of hydrogen-bond donors (Lipinski definition) is 2. The minimum absolute atomic E-state index is 0.0778. The minimum atomic E-state index is -3.86. The number of nitrogens with one attached hydrogen (secondary N) is 1. The fourth-order valence-corrected chi connectivity index (χ4v) is 4.16. The second kappa shape index (κ2) is 6.58. The summed E-state index contributed by atoms with van der Waals surface area (Å²) >= 11 is 0. The van der Waals surface area contributed by atoms with Gasteiger partial charge in [-0.3, -0.25) is 4.79 Å². The van der Waals surface area contributed by atoms with Gasteiger partial charge in [-0.25, -0.2) is 8.42 Å². The maximum Gasteiger partial charge on any atom is 0.321 e. The first-order valence-electron chi connectivity index (χ1n) is 6.87. The third kappa shape index (κ3) is 4.54. The first-order chi connectivity index (χ1) is 9.54. The van der Waals surface area contributed by atoms with Gasteiger partial charge in [0.15, 0.2) is 0 Å². The third-order valence-electron chi connectivity index (χ3n) is 3.18. The molecule has 1 rings (SSSR count). The van der Waals surface area contributed by atoms with Crippen molar-refractivity contribution in [2.45, 2.75) is 52.0 Å². The zero-order valence-electron chi connectivity index (χ0n) is 13.1. The minimum Gasteiger partial charge on any atom is -0.480 e. The average molecular weight is 313 g/mol. The summed E-state index contributed by atoms with van der Waals surface area (Å²) in [6.45, 7) is 9.03. The Labute approximate surface area is 126 Å². The van der Waals surface area contributed by atoms with E-state index in [1.54, 1.807) is 26.0 Å². The van der Waals surface area contributed by atoms with Crippen LogP contribution in [0.25, 0.3) is 0 Å². The highest BCUT2D eigenvalue weighted by Gasteiger charge is 2.28. The Kier molecular flexibility index (Phi) is 5.53. The highest BCUT2D eigenvalue weighted by molar-refractivity contribution is 7.89. The normalized spacial score (nSPS) is 13.4. The van der Waals surface area contributed by atoms with E-state index >= 15 is 0 Å². The van der Waals surface area contributed by atoms with Gasteiger partial charge in [-0.05, 0) is 44.2 Å². The summed E-state index contributed by atoms with van der Waals surface area (Å²) in [6.07, 6.45) is 0.249. The molecule has 0 saturated heterocycles. The van der Waals surface area contributed by atoms with E-state index in [2.05, 4.69) is 4.72 Å². The molecule has 0 amide bonds. The summed E-state index contributed by atoms with van der Waals surface area (Å²) in [5.41, 5.74) is 2.21. The topological polar surface area (TPSA) is 83.5 Å². The monoisotopic (exact) mass is 313 g/mol. The van der Waals surface area contributed by atoms with Crippen LogP contribution >= 0.6 is 0 Å². The van der Waals surface area contributed by atoms with Crippen LogP contribution in [-0.2, 0) is 14.8 Å². The van der Waals surface area contributed by atoms with Gasteiger partial charge in [0.25, 0.3) is 0 Å². The Morgan fingerprint density at radius 1 is 1.19 bits per heavy atom. The van der Waals surface area contributed by atoms with Gasteiger partial charge in [-0.15, -0.1) is 0 Å². The Balaban J connectivity index is 3.20. The molecule has 0 heterocycles. The molecule has 0 saturated carbocycles. The van der Waals surface area contributed by atoms with Crippen LogP contribution in [0.4, 0.5) is 0 Å². The van der Waals surface area contributed by atoms with Gasteiger partial charge in [-0.2, -0.15) is 4.72 Å². The van der Waals surface area contributed by atoms with E-state index in [1.165, 1.54) is 0 Å². The predicted octanol–water partition coefficient (Wildman–Crippen LogP) is 2.39. The lowest BCUT2D eigenvalue weighted by molar-refractivity contribution is -0.139. The molecule has 118 valence electrons. The van der Waals surface area contributed by atoms with Crippen LogP contribution in [-0.4, -0.2) is 25.5 Å². The Bertz CT molecular complexity index is 612. The van der Waals surface area contributed by atoms with Crippen molar-refractivity contribution in [1.82, 2.24) is 4.72 Å². The second-order valence-electron chi connectivity index (χ2n) is 5.87. The van der Waals surface area contributed by atoms with E-state index in [1.807, 2.05) is 20.8 Å². The van der Waals surface area contributed by atoms with E-state index in [4.69, 9.17) is 0 Å². The molecule has 2 N–H and O–H groups in total. The van der Waals surface area contributed by atoms with Crippen LogP contribution < -0.4 is 4.72 Å². The lowest BCUT2D eigenvalue weighted by Gasteiger charge is -2.19. The number of carboxylic acids is 1. The first-order valence-corrected chi connectivity index (χ1v) is 8.36. The second-order valence-corrected chi connectivity index (χ2v) is 7.52. The fraction of sp³-hybridized carbons (Fsp3) is 0.533. The Morgan fingerprint density at radius 3 is 2.05 bits per heavy atom. The third-order valence-corrected chi connectivity index (χ3v) is 4.95. The molecular formula is C15H23NO4S. The zero-order chi connectivity index (χ0) is 16.4. The van der Waals surface area contributed by atoms with E-state index in [9.17, 15) is 18.3 Å². The van der Waals surface area contributed by atoms with Gasteiger partial charge in [-0.1, -0.05) is 31.5 Å². The van der Waals surface area contributed by atoms with Crippen LogP contribution in [0.15, 0.2) is 17.0 Å². The van der Waals surface area contributed by atoms with Crippen molar-refractivity contribution >= 4 is 16.0 Å². The van der Waals surface area contributed by atoms with Gasteiger partial charge >= 0.3 is 5.97 Å². The average Bonchev–Trinajstić information content (AvgIpc) is 2.24. The summed E-state index contributed by atoms with van der Waals surface area (Å²) in [5.74, 6) is -1.08. The van der Waals surface area contributed by atoms with E-state index < -0.39 is 22.0 Å². The molecular weight excluding hydrogens is 290 g/mol. The molecule has 0 aliphatic carbocycles. The highest BCUT2D eigenvalue weighted by atomic mass is 32.2. The van der Waals surface area contributed by atoms with Gasteiger partial charge in [0.05, 0.1) is 4.90 Å². The summed E-state index contributed by atoms with van der Waals surface area (Å²) < 4.78 is 27.3. The van der Waals surface area contributed by atoms with E-state index in [0.717, 1.165) is 5.56 Å². The van der Waals surface area contributed by atoms with E-state index in [-0.39, 0.29) is 17.2 Å². The quantitative estimate of drug-likeness (QED) is 0.844. The van der Waals surface area contributed by atoms with Crippen molar-refractivity contribution in [2.75, 3.05) is 0 Å². The lowest BCUT2D eigenvalue weighted by Crippen LogP contribution is -2.42. The van der Waals surface area contributed by atoms with Gasteiger partial charge in [0.2, 0.25) is 10.0 Å². The van der Waals surface area contributed by atoms with Gasteiger partial charge < -0.3 is 5.11 Å². The van der Waals surface area contributed by atoms with E-state index in [0.29, 0.717) is 11.1 Å². The number of carboxylic acid groups (broad SMARTS) is 1. The molecule has 1 aromatic rings. The molecule has 5 nitrogen and oxygen atoms in total. The molecule has 0 bridgehead atoms. The molecule has 21 heavy (non-hydrogen) atoms. The predicted molar refractivity (Wildman–Crippen MR) is 81.9 cm³/mol. The molecule has 0 aromatic heterocycles. The number of hydrogen-bond acceptors (Lipinski definition) is 3. The molecule has 0 aliphatic rings. The number of sulfonamides is 1. The number of carbonyl (C=O) groups is 1. The van der Waals surface area contributed by atoms with Crippen molar-refractivity contribution in [2.24, 2.45) is 5.92 Å².